The number of aliphatic hydroxyl groups excluding tert-OH is 4. The van der Waals surface area contributed by atoms with E-state index in [2.05, 4.69) is 13.8 Å². The Morgan fingerprint density at radius 1 is 0.735 bits per heavy atom. The molecule has 0 saturated heterocycles. The maximum atomic E-state index is 11.7. The fraction of sp³-hybridized carbons (Fsp3) is 0.571. The first-order valence-electron chi connectivity index (χ1n) is 12.4. The molecule has 6 nitrogen and oxygen atoms in total. The lowest BCUT2D eigenvalue weighted by molar-refractivity contribution is -0.229. The Kier molecular flexibility index (Phi) is 10.7. The molecule has 190 valence electrons. The van der Waals surface area contributed by atoms with Gasteiger partial charge in [0.1, 0.15) is 23.9 Å². The Morgan fingerprint density at radius 2 is 1.21 bits per heavy atom. The Balaban J connectivity index is 2.44. The van der Waals surface area contributed by atoms with Gasteiger partial charge in [0, 0.05) is 12.8 Å². The van der Waals surface area contributed by atoms with Gasteiger partial charge in [-0.25, -0.2) is 0 Å². The molecule has 0 aromatic heterocycles. The SMILES string of the molecule is CCCc1cccc(CC(O)(CC)[C@@H](O)[C@@](O)(Cc2cccc(CCC)c2)[C@H](O)[C@@H](O)CO)c1. The highest BCUT2D eigenvalue weighted by Gasteiger charge is 2.53. The molecule has 0 heterocycles. The van der Waals surface area contributed by atoms with Gasteiger partial charge in [0.05, 0.1) is 12.2 Å². The Morgan fingerprint density at radius 3 is 1.65 bits per heavy atom. The molecule has 2 aromatic carbocycles. The molecule has 0 radical (unpaired) electrons. The van der Waals surface area contributed by atoms with Crippen LogP contribution in [0, 0.1) is 0 Å². The van der Waals surface area contributed by atoms with E-state index in [1.54, 1.807) is 13.0 Å². The maximum absolute atomic E-state index is 11.7. The molecule has 1 unspecified atom stereocenters. The third kappa shape index (κ3) is 6.87. The van der Waals surface area contributed by atoms with Crippen LogP contribution in [0.5, 0.6) is 0 Å². The summed E-state index contributed by atoms with van der Waals surface area (Å²) in [5.41, 5.74) is -0.464. The third-order valence-corrected chi connectivity index (χ3v) is 6.72. The van der Waals surface area contributed by atoms with Crippen molar-refractivity contribution in [3.63, 3.8) is 0 Å². The summed E-state index contributed by atoms with van der Waals surface area (Å²) in [6.07, 6.45) is -1.77. The second-order valence-corrected chi connectivity index (χ2v) is 9.54. The summed E-state index contributed by atoms with van der Waals surface area (Å²) >= 11 is 0. The summed E-state index contributed by atoms with van der Waals surface area (Å²) in [7, 11) is 0. The number of benzene rings is 2. The van der Waals surface area contributed by atoms with Gasteiger partial charge in [0.2, 0.25) is 0 Å². The maximum Gasteiger partial charge on any atom is 0.126 e. The normalized spacial score (nSPS) is 18.0. The van der Waals surface area contributed by atoms with Crippen molar-refractivity contribution in [1.82, 2.24) is 0 Å². The van der Waals surface area contributed by atoms with E-state index < -0.39 is 36.1 Å². The first kappa shape index (κ1) is 28.4. The van der Waals surface area contributed by atoms with Gasteiger partial charge in [-0.1, -0.05) is 82.1 Å². The van der Waals surface area contributed by atoms with Crippen molar-refractivity contribution in [3.05, 3.63) is 70.8 Å². The highest BCUT2D eigenvalue weighted by Crippen LogP contribution is 2.34. The third-order valence-electron chi connectivity index (χ3n) is 6.72. The fourth-order valence-electron chi connectivity index (χ4n) is 4.72. The predicted octanol–water partition coefficient (Wildman–Crippen LogP) is 2.32. The minimum atomic E-state index is -2.31. The lowest BCUT2D eigenvalue weighted by Gasteiger charge is -2.46. The van der Waals surface area contributed by atoms with E-state index >= 15 is 0 Å². The monoisotopic (exact) mass is 474 g/mol. The van der Waals surface area contributed by atoms with Crippen molar-refractivity contribution >= 4 is 0 Å². The summed E-state index contributed by atoms with van der Waals surface area (Å²) < 4.78 is 0. The van der Waals surface area contributed by atoms with Gasteiger partial charge >= 0.3 is 0 Å². The molecule has 6 N–H and O–H groups in total. The number of aryl methyl sites for hydroxylation is 2. The van der Waals surface area contributed by atoms with Crippen LogP contribution < -0.4 is 0 Å². The molecule has 0 saturated carbocycles. The molecule has 0 aliphatic rings. The van der Waals surface area contributed by atoms with Gasteiger partial charge in [0.25, 0.3) is 0 Å². The highest BCUT2D eigenvalue weighted by atomic mass is 16.4. The van der Waals surface area contributed by atoms with Crippen molar-refractivity contribution in [2.75, 3.05) is 6.61 Å². The van der Waals surface area contributed by atoms with Crippen molar-refractivity contribution in [2.45, 2.75) is 95.2 Å². The van der Waals surface area contributed by atoms with Crippen LogP contribution in [0.25, 0.3) is 0 Å². The molecule has 2 aromatic rings. The van der Waals surface area contributed by atoms with Crippen LogP contribution in [0.2, 0.25) is 0 Å². The number of rotatable bonds is 14. The lowest BCUT2D eigenvalue weighted by Crippen LogP contribution is -2.66. The van der Waals surface area contributed by atoms with Gasteiger partial charge in [-0.15, -0.1) is 0 Å². The predicted molar refractivity (Wildman–Crippen MR) is 134 cm³/mol. The van der Waals surface area contributed by atoms with E-state index in [0.717, 1.165) is 42.4 Å². The van der Waals surface area contributed by atoms with Gasteiger partial charge < -0.3 is 30.6 Å². The zero-order chi connectivity index (χ0) is 25.4. The van der Waals surface area contributed by atoms with Crippen molar-refractivity contribution in [1.29, 1.82) is 0 Å². The van der Waals surface area contributed by atoms with E-state index in [1.807, 2.05) is 42.5 Å². The van der Waals surface area contributed by atoms with E-state index in [4.69, 9.17) is 0 Å². The van der Waals surface area contributed by atoms with E-state index in [0.29, 0.717) is 5.56 Å². The van der Waals surface area contributed by atoms with Crippen molar-refractivity contribution in [3.8, 4) is 0 Å². The lowest BCUT2D eigenvalue weighted by atomic mass is 9.72. The molecule has 0 spiro atoms. The molecule has 0 bridgehead atoms. The molecule has 34 heavy (non-hydrogen) atoms. The fourth-order valence-corrected chi connectivity index (χ4v) is 4.72. The summed E-state index contributed by atoms with van der Waals surface area (Å²) in [6, 6.07) is 15.2. The van der Waals surface area contributed by atoms with Gasteiger partial charge in [0.15, 0.2) is 0 Å². The average Bonchev–Trinajstić information content (AvgIpc) is 2.83. The molecular weight excluding hydrogens is 432 g/mol. The molecule has 0 aliphatic heterocycles. The largest absolute Gasteiger partial charge is 0.394 e. The van der Waals surface area contributed by atoms with Gasteiger partial charge in [-0.3, -0.25) is 0 Å². The standard InChI is InChI=1S/C28H42O6/c1-4-9-20-11-7-13-22(15-20)17-27(33,6-3)26(32)28(34,25(31)24(30)19-29)18-23-14-8-12-21(16-23)10-5-2/h7-8,11-16,24-26,29-34H,4-6,9-10,17-19H2,1-3H3/t24-,25+,26+,27?,28+/m0/s1. The van der Waals surface area contributed by atoms with Gasteiger partial charge in [-0.2, -0.15) is 0 Å². The minimum absolute atomic E-state index is 0.0579. The molecular formula is C28H42O6. The summed E-state index contributed by atoms with van der Waals surface area (Å²) in [5, 5.41) is 65.1. The molecule has 6 heteroatoms. The Labute approximate surface area is 203 Å². The smallest absolute Gasteiger partial charge is 0.126 e. The van der Waals surface area contributed by atoms with Crippen LogP contribution in [0.15, 0.2) is 48.5 Å². The molecule has 5 atom stereocenters. The topological polar surface area (TPSA) is 121 Å². The van der Waals surface area contributed by atoms with E-state index in [1.165, 1.54) is 0 Å². The average molecular weight is 475 g/mol. The van der Waals surface area contributed by atoms with Crippen LogP contribution in [0.4, 0.5) is 0 Å². The number of aliphatic hydroxyl groups is 6. The summed E-state index contributed by atoms with van der Waals surface area (Å²) in [6.45, 7) is 5.05. The summed E-state index contributed by atoms with van der Waals surface area (Å²) in [4.78, 5) is 0. The Hall–Kier alpha value is -1.80. The Bertz CT molecular complexity index is 887. The zero-order valence-electron chi connectivity index (χ0n) is 20.7. The van der Waals surface area contributed by atoms with Crippen LogP contribution >= 0.6 is 0 Å². The summed E-state index contributed by atoms with van der Waals surface area (Å²) in [5.74, 6) is 0. The molecule has 0 amide bonds. The number of hydrogen-bond acceptors (Lipinski definition) is 6. The second kappa shape index (κ2) is 12.8. The van der Waals surface area contributed by atoms with Gasteiger partial charge in [-0.05, 0) is 41.5 Å². The van der Waals surface area contributed by atoms with E-state index in [-0.39, 0.29) is 19.3 Å². The molecule has 2 rings (SSSR count). The molecule has 0 aliphatic carbocycles. The van der Waals surface area contributed by atoms with Crippen LogP contribution in [0.3, 0.4) is 0 Å². The van der Waals surface area contributed by atoms with Crippen LogP contribution in [-0.2, 0) is 25.7 Å². The number of hydrogen-bond donors (Lipinski definition) is 6. The van der Waals surface area contributed by atoms with Crippen LogP contribution in [0.1, 0.15) is 62.3 Å². The minimum Gasteiger partial charge on any atom is -0.394 e. The van der Waals surface area contributed by atoms with E-state index in [9.17, 15) is 30.6 Å². The quantitative estimate of drug-likeness (QED) is 0.250. The first-order valence-corrected chi connectivity index (χ1v) is 12.4. The zero-order valence-corrected chi connectivity index (χ0v) is 20.7. The van der Waals surface area contributed by atoms with Crippen molar-refractivity contribution < 1.29 is 30.6 Å². The van der Waals surface area contributed by atoms with Crippen LogP contribution in [-0.4, -0.2) is 66.8 Å². The first-order chi connectivity index (χ1) is 16.1. The molecule has 0 fully saturated rings. The van der Waals surface area contributed by atoms with Crippen molar-refractivity contribution in [2.24, 2.45) is 0 Å². The second-order valence-electron chi connectivity index (χ2n) is 9.54. The highest BCUT2D eigenvalue weighted by molar-refractivity contribution is 5.28.